The number of rotatable bonds is 1. The highest BCUT2D eigenvalue weighted by Gasteiger charge is 2.02. The van der Waals surface area contributed by atoms with Gasteiger partial charge in [-0.3, -0.25) is 0 Å². The Balaban J connectivity index is 2.59. The molecule has 1 aromatic carbocycles. The lowest BCUT2D eigenvalue weighted by atomic mass is 10.3. The minimum absolute atomic E-state index is 0.550. The topological polar surface area (TPSA) is 43.8 Å². The molecule has 0 spiro atoms. The van der Waals surface area contributed by atoms with Crippen LogP contribution in [0.15, 0.2) is 34.9 Å². The van der Waals surface area contributed by atoms with Gasteiger partial charge in [0.2, 0.25) is 0 Å². The molecular formula is C10H7BrClN3S. The molecule has 0 aliphatic carbocycles. The van der Waals surface area contributed by atoms with Crippen molar-refractivity contribution < 1.29 is 0 Å². The number of benzene rings is 1. The van der Waals surface area contributed by atoms with Gasteiger partial charge in [0.15, 0.2) is 0 Å². The van der Waals surface area contributed by atoms with Gasteiger partial charge >= 0.3 is 0 Å². The van der Waals surface area contributed by atoms with Crippen LogP contribution in [0.1, 0.15) is 0 Å². The molecule has 0 fully saturated rings. The van der Waals surface area contributed by atoms with Crippen LogP contribution in [0.4, 0.5) is 5.69 Å². The van der Waals surface area contributed by atoms with E-state index in [1.807, 2.05) is 12.1 Å². The average Bonchev–Trinajstić information content (AvgIpc) is 2.22. The van der Waals surface area contributed by atoms with Crippen molar-refractivity contribution in [3.63, 3.8) is 0 Å². The van der Waals surface area contributed by atoms with Crippen molar-refractivity contribution in [2.45, 2.75) is 0 Å². The zero-order chi connectivity index (χ0) is 11.7. The van der Waals surface area contributed by atoms with E-state index in [1.165, 1.54) is 0 Å². The highest BCUT2D eigenvalue weighted by Crippen LogP contribution is 2.24. The van der Waals surface area contributed by atoms with Crippen LogP contribution in [-0.4, -0.2) is 9.78 Å². The number of aromatic nitrogens is 2. The summed E-state index contributed by atoms with van der Waals surface area (Å²) in [5.74, 6) is 0. The van der Waals surface area contributed by atoms with Crippen molar-refractivity contribution in [1.29, 1.82) is 0 Å². The number of hydrogen-bond donors (Lipinski definition) is 1. The molecule has 0 unspecified atom stereocenters. The first-order valence-electron chi connectivity index (χ1n) is 4.38. The van der Waals surface area contributed by atoms with E-state index in [1.54, 1.807) is 23.0 Å². The number of nitrogens with zero attached hydrogens (tertiary/aromatic N) is 2. The SMILES string of the molecule is Nc1cnn(-c2ccc(Cl)c(Br)c2)c(=S)c1. The maximum absolute atomic E-state index is 5.91. The Labute approximate surface area is 111 Å². The smallest absolute Gasteiger partial charge is 0.130 e. The minimum atomic E-state index is 0.550. The van der Waals surface area contributed by atoms with Gasteiger partial charge in [-0.05, 0) is 40.2 Å². The Hall–Kier alpha value is -0.910. The molecule has 2 N–H and O–H groups in total. The molecule has 1 heterocycles. The van der Waals surface area contributed by atoms with Crippen molar-refractivity contribution in [2.75, 3.05) is 5.73 Å². The summed E-state index contributed by atoms with van der Waals surface area (Å²) in [5.41, 5.74) is 6.97. The summed E-state index contributed by atoms with van der Waals surface area (Å²) in [6.07, 6.45) is 1.55. The van der Waals surface area contributed by atoms with E-state index in [2.05, 4.69) is 21.0 Å². The van der Waals surface area contributed by atoms with Crippen LogP contribution in [0.25, 0.3) is 5.69 Å². The first-order chi connectivity index (χ1) is 7.58. The van der Waals surface area contributed by atoms with Crippen LogP contribution in [0.3, 0.4) is 0 Å². The summed E-state index contributed by atoms with van der Waals surface area (Å²) in [4.78, 5) is 0. The second kappa shape index (κ2) is 4.53. The Morgan fingerprint density at radius 2 is 2.12 bits per heavy atom. The third kappa shape index (κ3) is 2.26. The third-order valence-electron chi connectivity index (χ3n) is 1.97. The Bertz CT molecular complexity index is 597. The molecule has 0 aliphatic heterocycles. The fraction of sp³-hybridized carbons (Fsp3) is 0. The zero-order valence-corrected chi connectivity index (χ0v) is 11.2. The lowest BCUT2D eigenvalue weighted by molar-refractivity contribution is 0.831. The van der Waals surface area contributed by atoms with Gasteiger partial charge in [-0.1, -0.05) is 23.8 Å². The van der Waals surface area contributed by atoms with Crippen LogP contribution in [-0.2, 0) is 0 Å². The first kappa shape index (κ1) is 11.6. The van der Waals surface area contributed by atoms with E-state index in [0.717, 1.165) is 10.2 Å². The van der Waals surface area contributed by atoms with Crippen molar-refractivity contribution in [3.05, 3.63) is 44.6 Å². The van der Waals surface area contributed by atoms with Crippen LogP contribution >= 0.6 is 39.7 Å². The van der Waals surface area contributed by atoms with Crippen LogP contribution in [0.5, 0.6) is 0 Å². The molecule has 0 saturated carbocycles. The Kier molecular flexibility index (Phi) is 3.28. The molecule has 0 saturated heterocycles. The zero-order valence-electron chi connectivity index (χ0n) is 8.02. The number of anilines is 1. The van der Waals surface area contributed by atoms with Gasteiger partial charge in [-0.25, -0.2) is 4.68 Å². The van der Waals surface area contributed by atoms with Gasteiger partial charge in [0.25, 0.3) is 0 Å². The van der Waals surface area contributed by atoms with Gasteiger partial charge in [0.1, 0.15) is 4.64 Å². The summed E-state index contributed by atoms with van der Waals surface area (Å²) in [7, 11) is 0. The molecule has 1 aromatic heterocycles. The van der Waals surface area contributed by atoms with E-state index in [0.29, 0.717) is 15.4 Å². The second-order valence-electron chi connectivity index (χ2n) is 3.14. The lowest BCUT2D eigenvalue weighted by Gasteiger charge is -2.06. The molecule has 6 heteroatoms. The first-order valence-corrected chi connectivity index (χ1v) is 5.96. The van der Waals surface area contributed by atoms with Gasteiger partial charge in [-0.15, -0.1) is 0 Å². The van der Waals surface area contributed by atoms with Crippen molar-refractivity contribution in [1.82, 2.24) is 9.78 Å². The fourth-order valence-electron chi connectivity index (χ4n) is 1.23. The highest BCUT2D eigenvalue weighted by atomic mass is 79.9. The molecule has 0 bridgehead atoms. The summed E-state index contributed by atoms with van der Waals surface area (Å²) < 4.78 is 2.97. The second-order valence-corrected chi connectivity index (χ2v) is 4.82. The van der Waals surface area contributed by atoms with Gasteiger partial charge in [-0.2, -0.15) is 5.10 Å². The number of halogens is 2. The molecule has 0 aliphatic rings. The van der Waals surface area contributed by atoms with E-state index in [4.69, 9.17) is 29.6 Å². The van der Waals surface area contributed by atoms with E-state index < -0.39 is 0 Å². The number of nitrogen functional groups attached to an aromatic ring is 1. The van der Waals surface area contributed by atoms with E-state index >= 15 is 0 Å². The summed E-state index contributed by atoms with van der Waals surface area (Å²) >= 11 is 14.4. The normalized spacial score (nSPS) is 10.4. The molecule has 16 heavy (non-hydrogen) atoms. The third-order valence-corrected chi connectivity index (χ3v) is 3.47. The molecule has 2 rings (SSSR count). The quantitative estimate of drug-likeness (QED) is 0.818. The van der Waals surface area contributed by atoms with Crippen molar-refractivity contribution >= 4 is 45.4 Å². The summed E-state index contributed by atoms with van der Waals surface area (Å²) in [6, 6.07) is 7.15. The van der Waals surface area contributed by atoms with Crippen LogP contribution in [0, 0.1) is 4.64 Å². The standard InChI is InChI=1S/C10H7BrClN3S/c11-8-4-7(1-2-9(8)12)15-10(16)3-6(13)5-14-15/h1-5H,13H2. The fourth-order valence-corrected chi connectivity index (χ4v) is 2.01. The monoisotopic (exact) mass is 315 g/mol. The predicted octanol–water partition coefficient (Wildman–Crippen LogP) is 3.60. The Morgan fingerprint density at radius 3 is 2.75 bits per heavy atom. The van der Waals surface area contributed by atoms with Gasteiger partial charge in [0, 0.05) is 4.47 Å². The average molecular weight is 317 g/mol. The number of hydrogen-bond acceptors (Lipinski definition) is 3. The molecule has 0 atom stereocenters. The summed E-state index contributed by atoms with van der Waals surface area (Å²) in [5, 5.41) is 4.79. The number of nitrogens with two attached hydrogens (primary N) is 1. The molecular weight excluding hydrogens is 310 g/mol. The largest absolute Gasteiger partial charge is 0.397 e. The highest BCUT2D eigenvalue weighted by molar-refractivity contribution is 9.10. The van der Waals surface area contributed by atoms with Crippen molar-refractivity contribution in [2.24, 2.45) is 0 Å². The maximum Gasteiger partial charge on any atom is 0.130 e. The van der Waals surface area contributed by atoms with Crippen LogP contribution < -0.4 is 5.73 Å². The molecule has 3 nitrogen and oxygen atoms in total. The van der Waals surface area contributed by atoms with E-state index in [-0.39, 0.29) is 0 Å². The molecule has 0 radical (unpaired) electrons. The van der Waals surface area contributed by atoms with Gasteiger partial charge in [0.05, 0.1) is 22.6 Å². The predicted molar refractivity (Wildman–Crippen MR) is 71.5 cm³/mol. The minimum Gasteiger partial charge on any atom is -0.397 e. The molecule has 2 aromatic rings. The van der Waals surface area contributed by atoms with E-state index in [9.17, 15) is 0 Å². The summed E-state index contributed by atoms with van der Waals surface area (Å²) in [6.45, 7) is 0. The van der Waals surface area contributed by atoms with Crippen LogP contribution in [0.2, 0.25) is 5.02 Å². The molecule has 82 valence electrons. The van der Waals surface area contributed by atoms with Gasteiger partial charge < -0.3 is 5.73 Å². The lowest BCUT2D eigenvalue weighted by Crippen LogP contribution is -2.02. The maximum atomic E-state index is 5.91. The van der Waals surface area contributed by atoms with Crippen molar-refractivity contribution in [3.8, 4) is 5.69 Å². The Morgan fingerprint density at radius 1 is 1.38 bits per heavy atom. The molecule has 0 amide bonds.